The molecule has 3 nitrogen and oxygen atoms in total. The lowest BCUT2D eigenvalue weighted by atomic mass is 10.0. The van der Waals surface area contributed by atoms with E-state index < -0.39 is 18.2 Å². The predicted octanol–water partition coefficient (Wildman–Crippen LogP) is 3.65. The van der Waals surface area contributed by atoms with E-state index in [0.717, 1.165) is 0 Å². The number of hydrogen-bond donors (Lipinski definition) is 2. The highest BCUT2D eigenvalue weighted by Gasteiger charge is 2.39. The number of rotatable bonds is 3. The van der Waals surface area contributed by atoms with Gasteiger partial charge in [0.1, 0.15) is 0 Å². The van der Waals surface area contributed by atoms with Crippen LogP contribution < -0.4 is 0 Å². The van der Waals surface area contributed by atoms with Gasteiger partial charge in [-0.3, -0.25) is 0 Å². The van der Waals surface area contributed by atoms with Crippen LogP contribution in [-0.4, -0.2) is 22.4 Å². The zero-order valence-electron chi connectivity index (χ0n) is 10.6. The average Bonchev–Trinajstić information content (AvgIpc) is 2.46. The maximum atomic E-state index is 12.4. The molecule has 6 heteroatoms. The molecule has 0 spiro atoms. The van der Waals surface area contributed by atoms with Gasteiger partial charge in [-0.1, -0.05) is 36.4 Å². The molecule has 0 amide bonds. The third-order valence-corrected chi connectivity index (χ3v) is 3.00. The molecule has 110 valence electrons. The SMILES string of the molecule is O=C(O)c1ccc(-c2ccc(C(O)C(F)(F)F)cc2)cc1. The van der Waals surface area contributed by atoms with E-state index in [-0.39, 0.29) is 11.1 Å². The zero-order chi connectivity index (χ0) is 15.6. The van der Waals surface area contributed by atoms with E-state index in [4.69, 9.17) is 10.2 Å². The van der Waals surface area contributed by atoms with Crippen LogP contribution in [-0.2, 0) is 0 Å². The molecular formula is C15H11F3O3. The van der Waals surface area contributed by atoms with Crippen molar-refractivity contribution in [1.29, 1.82) is 0 Å². The first-order valence-electron chi connectivity index (χ1n) is 5.97. The first-order valence-corrected chi connectivity index (χ1v) is 5.97. The van der Waals surface area contributed by atoms with E-state index in [1.807, 2.05) is 0 Å². The fourth-order valence-corrected chi connectivity index (χ4v) is 1.85. The number of carbonyl (C=O) groups is 1. The number of halogens is 3. The maximum absolute atomic E-state index is 12.4. The fourth-order valence-electron chi connectivity index (χ4n) is 1.85. The monoisotopic (exact) mass is 296 g/mol. The molecule has 0 heterocycles. The number of aromatic carboxylic acids is 1. The molecule has 0 saturated carbocycles. The van der Waals surface area contributed by atoms with Gasteiger partial charge in [0.2, 0.25) is 0 Å². The summed E-state index contributed by atoms with van der Waals surface area (Å²) >= 11 is 0. The Bertz CT molecular complexity index is 631. The summed E-state index contributed by atoms with van der Waals surface area (Å²) < 4.78 is 37.1. The number of hydrogen-bond acceptors (Lipinski definition) is 2. The first-order chi connectivity index (χ1) is 9.79. The Hall–Kier alpha value is -2.34. The Morgan fingerprint density at radius 1 is 0.905 bits per heavy atom. The smallest absolute Gasteiger partial charge is 0.418 e. The molecule has 2 aromatic rings. The third-order valence-electron chi connectivity index (χ3n) is 3.00. The topological polar surface area (TPSA) is 57.5 Å². The van der Waals surface area contributed by atoms with Gasteiger partial charge in [0.25, 0.3) is 0 Å². The van der Waals surface area contributed by atoms with Crippen LogP contribution in [0.15, 0.2) is 48.5 Å². The van der Waals surface area contributed by atoms with Crippen LogP contribution in [0.5, 0.6) is 0 Å². The summed E-state index contributed by atoms with van der Waals surface area (Å²) in [6.07, 6.45) is -7.22. The van der Waals surface area contributed by atoms with Crippen LogP contribution in [0, 0.1) is 0 Å². The summed E-state index contributed by atoms with van der Waals surface area (Å²) in [4.78, 5) is 10.7. The van der Waals surface area contributed by atoms with E-state index in [2.05, 4.69) is 0 Å². The number of aliphatic hydroxyl groups excluding tert-OH is 1. The lowest BCUT2D eigenvalue weighted by Gasteiger charge is -2.15. The van der Waals surface area contributed by atoms with Gasteiger partial charge in [-0.25, -0.2) is 4.79 Å². The van der Waals surface area contributed by atoms with Gasteiger partial charge in [0.05, 0.1) is 5.56 Å². The quantitative estimate of drug-likeness (QED) is 0.909. The lowest BCUT2D eigenvalue weighted by molar-refractivity contribution is -0.206. The normalized spacial score (nSPS) is 13.0. The highest BCUT2D eigenvalue weighted by atomic mass is 19.4. The van der Waals surface area contributed by atoms with Crippen LogP contribution >= 0.6 is 0 Å². The standard InChI is InChI=1S/C15H11F3O3/c16-15(17,18)13(19)11-5-1-9(2-6-11)10-3-7-12(8-4-10)14(20)21/h1-8,13,19H,(H,20,21). The van der Waals surface area contributed by atoms with Crippen molar-refractivity contribution in [1.82, 2.24) is 0 Å². The Kier molecular flexibility index (Phi) is 3.99. The van der Waals surface area contributed by atoms with Crippen molar-refractivity contribution < 1.29 is 28.2 Å². The van der Waals surface area contributed by atoms with Crippen molar-refractivity contribution in [2.24, 2.45) is 0 Å². The number of carboxylic acids is 1. The van der Waals surface area contributed by atoms with Crippen LogP contribution in [0.25, 0.3) is 11.1 Å². The van der Waals surface area contributed by atoms with Gasteiger partial charge in [0, 0.05) is 0 Å². The molecule has 2 N–H and O–H groups in total. The number of carboxylic acid groups (broad SMARTS) is 1. The summed E-state index contributed by atoms with van der Waals surface area (Å²) in [5.41, 5.74) is 1.19. The van der Waals surface area contributed by atoms with Crippen LogP contribution in [0.1, 0.15) is 22.0 Å². The van der Waals surface area contributed by atoms with Gasteiger partial charge < -0.3 is 10.2 Å². The minimum absolute atomic E-state index is 0.128. The van der Waals surface area contributed by atoms with Crippen LogP contribution in [0.3, 0.4) is 0 Å². The Balaban J connectivity index is 2.24. The third kappa shape index (κ3) is 3.41. The van der Waals surface area contributed by atoms with Crippen LogP contribution in [0.2, 0.25) is 0 Å². The summed E-state index contributed by atoms with van der Waals surface area (Å²) in [5.74, 6) is -1.05. The molecule has 21 heavy (non-hydrogen) atoms. The lowest BCUT2D eigenvalue weighted by Crippen LogP contribution is -2.19. The molecule has 0 aromatic heterocycles. The largest absolute Gasteiger partial charge is 0.478 e. The van der Waals surface area contributed by atoms with Gasteiger partial charge >= 0.3 is 12.1 Å². The molecule has 0 aliphatic rings. The minimum atomic E-state index is -4.70. The highest BCUT2D eigenvalue weighted by Crippen LogP contribution is 2.33. The molecule has 0 fully saturated rings. The molecule has 0 radical (unpaired) electrons. The molecule has 0 aliphatic heterocycles. The Morgan fingerprint density at radius 2 is 1.33 bits per heavy atom. The van der Waals surface area contributed by atoms with Crippen molar-refractivity contribution >= 4 is 5.97 Å². The summed E-state index contributed by atoms with van der Waals surface area (Å²) in [5, 5.41) is 17.9. The van der Waals surface area contributed by atoms with Gasteiger partial charge in [-0.2, -0.15) is 13.2 Å². The number of alkyl halides is 3. The molecule has 2 aromatic carbocycles. The minimum Gasteiger partial charge on any atom is -0.478 e. The molecule has 1 unspecified atom stereocenters. The van der Waals surface area contributed by atoms with E-state index in [1.165, 1.54) is 36.4 Å². The second-order valence-corrected chi connectivity index (χ2v) is 4.45. The van der Waals surface area contributed by atoms with Crippen molar-refractivity contribution in [3.8, 4) is 11.1 Å². The average molecular weight is 296 g/mol. The van der Waals surface area contributed by atoms with Gasteiger partial charge in [-0.05, 0) is 28.8 Å². The predicted molar refractivity (Wildman–Crippen MR) is 69.9 cm³/mol. The van der Waals surface area contributed by atoms with Crippen molar-refractivity contribution in [3.63, 3.8) is 0 Å². The second-order valence-electron chi connectivity index (χ2n) is 4.45. The first kappa shape index (κ1) is 15.1. The molecule has 0 bridgehead atoms. The van der Waals surface area contributed by atoms with E-state index in [0.29, 0.717) is 11.1 Å². The van der Waals surface area contributed by atoms with E-state index >= 15 is 0 Å². The van der Waals surface area contributed by atoms with E-state index in [1.54, 1.807) is 12.1 Å². The Morgan fingerprint density at radius 3 is 1.71 bits per heavy atom. The highest BCUT2D eigenvalue weighted by molar-refractivity contribution is 5.88. The molecular weight excluding hydrogens is 285 g/mol. The Labute approximate surface area is 118 Å². The molecule has 1 atom stereocenters. The summed E-state index contributed by atoms with van der Waals surface area (Å²) in [6, 6.07) is 11.2. The summed E-state index contributed by atoms with van der Waals surface area (Å²) in [6.45, 7) is 0. The van der Waals surface area contributed by atoms with Gasteiger partial charge in [-0.15, -0.1) is 0 Å². The second kappa shape index (κ2) is 5.57. The van der Waals surface area contributed by atoms with Crippen molar-refractivity contribution in [2.45, 2.75) is 12.3 Å². The van der Waals surface area contributed by atoms with Crippen molar-refractivity contribution in [2.75, 3.05) is 0 Å². The van der Waals surface area contributed by atoms with E-state index in [9.17, 15) is 18.0 Å². The van der Waals surface area contributed by atoms with Crippen molar-refractivity contribution in [3.05, 3.63) is 59.7 Å². The molecule has 0 aliphatic carbocycles. The van der Waals surface area contributed by atoms with Gasteiger partial charge in [0.15, 0.2) is 6.10 Å². The summed E-state index contributed by atoms with van der Waals surface area (Å²) in [7, 11) is 0. The zero-order valence-corrected chi connectivity index (χ0v) is 10.6. The number of benzene rings is 2. The number of aliphatic hydroxyl groups is 1. The van der Waals surface area contributed by atoms with Crippen LogP contribution in [0.4, 0.5) is 13.2 Å². The molecule has 2 rings (SSSR count). The fraction of sp³-hybridized carbons (Fsp3) is 0.133. The maximum Gasteiger partial charge on any atom is 0.418 e. The molecule has 0 saturated heterocycles.